The summed E-state index contributed by atoms with van der Waals surface area (Å²) in [6.07, 6.45) is 5.33. The molecule has 0 N–H and O–H groups in total. The molecule has 0 atom stereocenters. The maximum absolute atomic E-state index is 12.6. The van der Waals surface area contributed by atoms with Crippen LogP contribution in [-0.4, -0.2) is 18.2 Å². The number of nitrogens with zero attached hydrogens (tertiary/aromatic N) is 1. The van der Waals surface area contributed by atoms with Gasteiger partial charge in [-0.1, -0.05) is 30.3 Å². The maximum atomic E-state index is 12.6. The van der Waals surface area contributed by atoms with Crippen LogP contribution in [0.1, 0.15) is 33.2 Å². The molecular formula is C24H20NO4+. The van der Waals surface area contributed by atoms with Gasteiger partial charge in [-0.25, -0.2) is 0 Å². The molecule has 5 nitrogen and oxygen atoms in total. The van der Waals surface area contributed by atoms with E-state index in [0.29, 0.717) is 29.2 Å². The van der Waals surface area contributed by atoms with Crippen LogP contribution in [0.3, 0.4) is 0 Å². The highest BCUT2D eigenvalue weighted by molar-refractivity contribution is 6.14. The number of hydrogen-bond acceptors (Lipinski definition) is 4. The molecule has 0 fully saturated rings. The lowest BCUT2D eigenvalue weighted by Crippen LogP contribution is -2.37. The minimum absolute atomic E-state index is 0.0385. The van der Waals surface area contributed by atoms with Gasteiger partial charge in [0.25, 0.3) is 0 Å². The lowest BCUT2D eigenvalue weighted by Gasteiger charge is -2.03. The molecule has 1 aromatic heterocycles. The van der Waals surface area contributed by atoms with E-state index < -0.39 is 0 Å². The lowest BCUT2D eigenvalue weighted by molar-refractivity contribution is -0.683. The van der Waals surface area contributed by atoms with Crippen molar-refractivity contribution in [3.05, 3.63) is 95.5 Å². The molecule has 0 radical (unpaired) electrons. The molecule has 0 bridgehead atoms. The molecule has 144 valence electrons. The van der Waals surface area contributed by atoms with Crippen LogP contribution in [0.4, 0.5) is 0 Å². The van der Waals surface area contributed by atoms with Crippen molar-refractivity contribution in [1.29, 1.82) is 0 Å². The number of hydrogen-bond donors (Lipinski definition) is 0. The number of fused-ring (bicyclic) bond motifs is 1. The Balaban J connectivity index is 1.47. The van der Waals surface area contributed by atoms with E-state index in [0.717, 1.165) is 5.56 Å². The van der Waals surface area contributed by atoms with Gasteiger partial charge in [0.15, 0.2) is 18.2 Å². The van der Waals surface area contributed by atoms with Gasteiger partial charge in [0.1, 0.15) is 11.5 Å². The average Bonchev–Trinajstić information content (AvgIpc) is 3.05. The Hall–Kier alpha value is -3.73. The highest BCUT2D eigenvalue weighted by Gasteiger charge is 2.27. The number of allylic oxidation sites excluding steroid dienone is 1. The van der Waals surface area contributed by atoms with Crippen LogP contribution in [0, 0.1) is 0 Å². The zero-order valence-corrected chi connectivity index (χ0v) is 16.0. The molecule has 4 rings (SSSR count). The second-order valence-corrected chi connectivity index (χ2v) is 6.62. The molecule has 2 heterocycles. The highest BCUT2D eigenvalue weighted by atomic mass is 16.5. The first-order chi connectivity index (χ1) is 14.1. The second kappa shape index (κ2) is 8.10. The second-order valence-electron chi connectivity index (χ2n) is 6.62. The smallest absolute Gasteiger partial charge is 0.231 e. The average molecular weight is 386 g/mol. The number of rotatable bonds is 6. The summed E-state index contributed by atoms with van der Waals surface area (Å²) in [5, 5.41) is 0. The van der Waals surface area contributed by atoms with E-state index in [-0.39, 0.29) is 23.9 Å². The molecule has 0 saturated heterocycles. The zero-order valence-electron chi connectivity index (χ0n) is 16.0. The van der Waals surface area contributed by atoms with Crippen molar-refractivity contribution in [3.8, 4) is 11.5 Å². The Morgan fingerprint density at radius 1 is 1.07 bits per heavy atom. The summed E-state index contributed by atoms with van der Waals surface area (Å²) in [5.41, 5.74) is 2.02. The van der Waals surface area contributed by atoms with E-state index in [4.69, 9.17) is 9.47 Å². The van der Waals surface area contributed by atoms with Gasteiger partial charge in [0.05, 0.1) is 12.2 Å². The van der Waals surface area contributed by atoms with E-state index in [1.807, 2.05) is 49.6 Å². The van der Waals surface area contributed by atoms with Crippen molar-refractivity contribution in [3.63, 3.8) is 0 Å². The van der Waals surface area contributed by atoms with Crippen LogP contribution in [0.5, 0.6) is 11.5 Å². The molecule has 5 heteroatoms. The SMILES string of the molecule is CCOc1ccc2c(c1)O/C(=C\c1cc[n+](CC(=O)c3ccccc3)cc1)C2=O. The number of Topliss-reactive ketones (excluding diaryl/α,β-unsaturated/α-hetero) is 2. The van der Waals surface area contributed by atoms with Crippen molar-refractivity contribution >= 4 is 17.6 Å². The third-order valence-electron chi connectivity index (χ3n) is 4.59. The lowest BCUT2D eigenvalue weighted by atomic mass is 10.1. The fraction of sp³-hybridized carbons (Fsp3) is 0.125. The molecule has 0 saturated carbocycles. The summed E-state index contributed by atoms with van der Waals surface area (Å²) in [6.45, 7) is 2.70. The molecule has 2 aromatic carbocycles. The largest absolute Gasteiger partial charge is 0.494 e. The zero-order chi connectivity index (χ0) is 20.2. The van der Waals surface area contributed by atoms with Crippen LogP contribution >= 0.6 is 0 Å². The fourth-order valence-electron chi connectivity index (χ4n) is 3.13. The van der Waals surface area contributed by atoms with Crippen molar-refractivity contribution in [2.24, 2.45) is 0 Å². The Morgan fingerprint density at radius 2 is 1.83 bits per heavy atom. The highest BCUT2D eigenvalue weighted by Crippen LogP contribution is 2.34. The quantitative estimate of drug-likeness (QED) is 0.367. The first-order valence-electron chi connectivity index (χ1n) is 9.42. The van der Waals surface area contributed by atoms with E-state index in [1.54, 1.807) is 41.0 Å². The maximum Gasteiger partial charge on any atom is 0.231 e. The number of carbonyl (C=O) groups excluding carboxylic acids is 2. The minimum Gasteiger partial charge on any atom is -0.494 e. The number of ketones is 2. The summed E-state index contributed by atoms with van der Waals surface area (Å²) in [7, 11) is 0. The van der Waals surface area contributed by atoms with Crippen molar-refractivity contribution < 1.29 is 23.6 Å². The molecular weight excluding hydrogens is 366 g/mol. The Kier molecular flexibility index (Phi) is 5.20. The van der Waals surface area contributed by atoms with Crippen LogP contribution in [0.2, 0.25) is 0 Å². The third-order valence-corrected chi connectivity index (χ3v) is 4.59. The van der Waals surface area contributed by atoms with Gasteiger partial charge in [0.2, 0.25) is 18.1 Å². The normalized spacial score (nSPS) is 13.8. The first kappa shape index (κ1) is 18.6. The predicted molar refractivity (Wildman–Crippen MR) is 108 cm³/mol. The molecule has 0 amide bonds. The van der Waals surface area contributed by atoms with Gasteiger partial charge in [-0.05, 0) is 30.7 Å². The van der Waals surface area contributed by atoms with Gasteiger partial charge in [0, 0.05) is 23.8 Å². The molecule has 0 spiro atoms. The molecule has 1 aliphatic rings. The molecule has 3 aromatic rings. The van der Waals surface area contributed by atoms with Crippen molar-refractivity contribution in [2.75, 3.05) is 6.61 Å². The topological polar surface area (TPSA) is 56.5 Å². The summed E-state index contributed by atoms with van der Waals surface area (Å²) >= 11 is 0. The van der Waals surface area contributed by atoms with Gasteiger partial charge < -0.3 is 9.47 Å². The van der Waals surface area contributed by atoms with Crippen LogP contribution in [0.25, 0.3) is 6.08 Å². The van der Waals surface area contributed by atoms with E-state index in [2.05, 4.69) is 0 Å². The monoisotopic (exact) mass is 386 g/mol. The molecule has 29 heavy (non-hydrogen) atoms. The molecule has 0 unspecified atom stereocenters. The van der Waals surface area contributed by atoms with Crippen LogP contribution < -0.4 is 14.0 Å². The first-order valence-corrected chi connectivity index (χ1v) is 9.42. The van der Waals surface area contributed by atoms with E-state index >= 15 is 0 Å². The van der Waals surface area contributed by atoms with Gasteiger partial charge >= 0.3 is 0 Å². The van der Waals surface area contributed by atoms with E-state index in [9.17, 15) is 9.59 Å². The van der Waals surface area contributed by atoms with Crippen molar-refractivity contribution in [1.82, 2.24) is 0 Å². The van der Waals surface area contributed by atoms with Crippen LogP contribution in [-0.2, 0) is 6.54 Å². The fourth-order valence-corrected chi connectivity index (χ4v) is 3.13. The summed E-state index contributed by atoms with van der Waals surface area (Å²) in [5.74, 6) is 1.33. The number of ether oxygens (including phenoxy) is 2. The predicted octanol–water partition coefficient (Wildman–Crippen LogP) is 3.87. The number of carbonyl (C=O) groups is 2. The summed E-state index contributed by atoms with van der Waals surface area (Å²) in [4.78, 5) is 24.9. The van der Waals surface area contributed by atoms with E-state index in [1.165, 1.54) is 0 Å². The summed E-state index contributed by atoms with van der Waals surface area (Å²) < 4.78 is 13.0. The summed E-state index contributed by atoms with van der Waals surface area (Å²) in [6, 6.07) is 18.1. The Labute approximate surface area is 168 Å². The Bertz CT molecular complexity index is 1090. The van der Waals surface area contributed by atoms with Gasteiger partial charge in [-0.15, -0.1) is 0 Å². The number of pyridine rings is 1. The van der Waals surface area contributed by atoms with Gasteiger partial charge in [-0.2, -0.15) is 4.57 Å². The molecule has 1 aliphatic heterocycles. The van der Waals surface area contributed by atoms with Gasteiger partial charge in [-0.3, -0.25) is 9.59 Å². The minimum atomic E-state index is -0.154. The number of aromatic nitrogens is 1. The standard InChI is InChI=1S/C24H20NO4/c1-2-28-19-8-9-20-22(15-19)29-23(24(20)27)14-17-10-12-25(13-11-17)16-21(26)18-6-4-3-5-7-18/h3-15H,2,16H2,1H3/q+1/b23-14-. The van der Waals surface area contributed by atoms with Crippen molar-refractivity contribution in [2.45, 2.75) is 13.5 Å². The molecule has 0 aliphatic carbocycles. The number of benzene rings is 2. The Morgan fingerprint density at radius 3 is 2.55 bits per heavy atom. The van der Waals surface area contributed by atoms with Crippen LogP contribution in [0.15, 0.2) is 78.8 Å². The third kappa shape index (κ3) is 4.09.